The van der Waals surface area contributed by atoms with E-state index in [0.717, 1.165) is 77.7 Å². The zero-order chi connectivity index (χ0) is 28.3. The number of benzene rings is 5. The van der Waals surface area contributed by atoms with Crippen molar-refractivity contribution in [2.24, 2.45) is 0 Å². The lowest BCUT2D eigenvalue weighted by Gasteiger charge is -2.26. The Balaban J connectivity index is 1.36. The summed E-state index contributed by atoms with van der Waals surface area (Å²) in [4.78, 5) is 11.8. The van der Waals surface area contributed by atoms with Gasteiger partial charge in [0.05, 0.1) is 17.6 Å². The molecule has 9 aromatic rings. The Morgan fingerprint density at radius 1 is 0.512 bits per heavy atom. The van der Waals surface area contributed by atoms with E-state index in [-0.39, 0.29) is 0 Å². The zero-order valence-electron chi connectivity index (χ0n) is 22.9. The van der Waals surface area contributed by atoms with Crippen LogP contribution >= 0.6 is 0 Å². The van der Waals surface area contributed by atoms with Gasteiger partial charge in [0.2, 0.25) is 0 Å². The maximum Gasteiger partial charge on any atom is 0.161 e. The molecule has 0 aliphatic heterocycles. The maximum absolute atomic E-state index is 6.50. The van der Waals surface area contributed by atoms with Crippen LogP contribution in [-0.4, -0.2) is 9.97 Å². The second-order valence-corrected chi connectivity index (χ2v) is 10.7. The summed E-state index contributed by atoms with van der Waals surface area (Å²) in [5, 5.41) is 4.28. The van der Waals surface area contributed by atoms with Crippen molar-refractivity contribution in [3.8, 4) is 11.1 Å². The molecule has 0 bridgehead atoms. The molecule has 4 aromatic heterocycles. The van der Waals surface area contributed by atoms with E-state index in [0.29, 0.717) is 0 Å². The van der Waals surface area contributed by atoms with E-state index in [2.05, 4.69) is 94.8 Å². The van der Waals surface area contributed by atoms with Crippen LogP contribution in [-0.2, 0) is 0 Å². The van der Waals surface area contributed by atoms with Crippen molar-refractivity contribution in [3.63, 3.8) is 0 Å². The van der Waals surface area contributed by atoms with E-state index in [4.69, 9.17) is 13.8 Å². The molecule has 5 nitrogen and oxygen atoms in total. The second kappa shape index (κ2) is 9.29. The molecule has 4 heterocycles. The molecule has 0 aliphatic carbocycles. The monoisotopic (exact) mass is 553 g/mol. The third-order valence-corrected chi connectivity index (χ3v) is 8.12. The Morgan fingerprint density at radius 3 is 2.21 bits per heavy atom. The fraction of sp³-hybridized carbons (Fsp3) is 0. The fourth-order valence-corrected chi connectivity index (χ4v) is 6.19. The number of hydrogen-bond acceptors (Lipinski definition) is 5. The first-order valence-corrected chi connectivity index (χ1v) is 14.2. The summed E-state index contributed by atoms with van der Waals surface area (Å²) >= 11 is 0. The van der Waals surface area contributed by atoms with Crippen LogP contribution in [0.1, 0.15) is 0 Å². The molecule has 5 heteroatoms. The van der Waals surface area contributed by atoms with Crippen LogP contribution in [0, 0.1) is 0 Å². The van der Waals surface area contributed by atoms with Crippen LogP contribution in [0.25, 0.3) is 66.0 Å². The second-order valence-electron chi connectivity index (χ2n) is 10.7. The number of pyridine rings is 2. The van der Waals surface area contributed by atoms with E-state index in [1.165, 1.54) is 5.39 Å². The highest BCUT2D eigenvalue weighted by Gasteiger charge is 2.22. The van der Waals surface area contributed by atoms with E-state index in [1.54, 1.807) is 6.20 Å². The van der Waals surface area contributed by atoms with Gasteiger partial charge in [-0.15, -0.1) is 0 Å². The smallest absolute Gasteiger partial charge is 0.161 e. The molecule has 0 spiro atoms. The number of aromatic nitrogens is 2. The summed E-state index contributed by atoms with van der Waals surface area (Å²) < 4.78 is 12.8. The number of rotatable bonds is 4. The lowest BCUT2D eigenvalue weighted by molar-refractivity contribution is 0.666. The number of hydrogen-bond donors (Lipinski definition) is 0. The molecule has 5 aromatic carbocycles. The van der Waals surface area contributed by atoms with Gasteiger partial charge in [-0.05, 0) is 70.4 Å². The quantitative estimate of drug-likeness (QED) is 0.217. The molecule has 0 saturated carbocycles. The van der Waals surface area contributed by atoms with Crippen molar-refractivity contribution in [2.75, 3.05) is 4.90 Å². The Labute approximate surface area is 246 Å². The van der Waals surface area contributed by atoms with E-state index >= 15 is 0 Å². The van der Waals surface area contributed by atoms with Gasteiger partial charge in [0.1, 0.15) is 16.6 Å². The summed E-state index contributed by atoms with van der Waals surface area (Å²) in [7, 11) is 0. The van der Waals surface area contributed by atoms with Gasteiger partial charge in [0.15, 0.2) is 16.7 Å². The van der Waals surface area contributed by atoms with E-state index in [9.17, 15) is 0 Å². The van der Waals surface area contributed by atoms with Crippen molar-refractivity contribution >= 4 is 72.0 Å². The molecular formula is C38H23N3O2. The van der Waals surface area contributed by atoms with Crippen molar-refractivity contribution in [1.29, 1.82) is 0 Å². The van der Waals surface area contributed by atoms with Crippen molar-refractivity contribution in [2.45, 2.75) is 0 Å². The van der Waals surface area contributed by atoms with Crippen LogP contribution < -0.4 is 4.90 Å². The van der Waals surface area contributed by atoms with E-state index < -0.39 is 0 Å². The number of para-hydroxylation sites is 2. The Morgan fingerprint density at radius 2 is 1.28 bits per heavy atom. The lowest BCUT2D eigenvalue weighted by Crippen LogP contribution is -2.11. The lowest BCUT2D eigenvalue weighted by atomic mass is 9.96. The maximum atomic E-state index is 6.50. The molecule has 202 valence electrons. The largest absolute Gasteiger partial charge is 0.454 e. The highest BCUT2D eigenvalue weighted by molar-refractivity contribution is 6.10. The average molecular weight is 554 g/mol. The molecule has 0 amide bonds. The molecule has 0 radical (unpaired) electrons. The first-order valence-electron chi connectivity index (χ1n) is 14.2. The highest BCUT2D eigenvalue weighted by atomic mass is 16.3. The molecule has 43 heavy (non-hydrogen) atoms. The van der Waals surface area contributed by atoms with Crippen LogP contribution in [0.4, 0.5) is 17.1 Å². The summed E-state index contributed by atoms with van der Waals surface area (Å²) in [6, 6.07) is 43.7. The minimum atomic E-state index is 0.728. The van der Waals surface area contributed by atoms with Gasteiger partial charge in [-0.2, -0.15) is 0 Å². The van der Waals surface area contributed by atoms with E-state index in [1.807, 2.05) is 48.7 Å². The Bertz CT molecular complexity index is 2480. The van der Waals surface area contributed by atoms with Gasteiger partial charge in [0.25, 0.3) is 0 Å². The van der Waals surface area contributed by atoms with Crippen LogP contribution in [0.2, 0.25) is 0 Å². The minimum Gasteiger partial charge on any atom is -0.454 e. The molecule has 9 rings (SSSR count). The Hall–Kier alpha value is -5.94. The first-order chi connectivity index (χ1) is 21.3. The number of nitrogens with zero attached hydrogens (tertiary/aromatic N) is 3. The molecule has 0 N–H and O–H groups in total. The van der Waals surface area contributed by atoms with Crippen molar-refractivity contribution < 1.29 is 8.83 Å². The number of fused-ring (bicyclic) bond motifs is 7. The predicted molar refractivity (Wildman–Crippen MR) is 174 cm³/mol. The first kappa shape index (κ1) is 23.7. The normalized spacial score (nSPS) is 11.7. The molecule has 0 unspecified atom stereocenters. The highest BCUT2D eigenvalue weighted by Crippen LogP contribution is 2.45. The predicted octanol–water partition coefficient (Wildman–Crippen LogP) is 10.6. The standard InChI is InChI=1S/C38H23N3O2/c1-2-10-24(11-3-1)31-21-26(20-25-12-4-5-13-28(25)31)41(27-22-35-36(40-23-27)29-14-6-7-17-33(29)42-35)32-16-8-15-30-37-34(43-38(30)32)18-9-19-39-37/h1-23H. The molecule has 0 aliphatic rings. The molecular weight excluding hydrogens is 530 g/mol. The molecule has 0 saturated heterocycles. The van der Waals surface area contributed by atoms with Gasteiger partial charge in [-0.1, -0.05) is 72.8 Å². The van der Waals surface area contributed by atoms with Gasteiger partial charge in [-0.25, -0.2) is 4.98 Å². The summed E-state index contributed by atoms with van der Waals surface area (Å²) in [5.41, 5.74) is 9.77. The number of furan rings is 2. The van der Waals surface area contributed by atoms with Crippen LogP contribution in [0.5, 0.6) is 0 Å². The van der Waals surface area contributed by atoms with Crippen molar-refractivity contribution in [1.82, 2.24) is 9.97 Å². The SMILES string of the molecule is c1ccc(-c2cc(N(c3cnc4c(c3)oc3ccccc34)c3cccc4c3oc3cccnc34)cc3ccccc23)cc1. The van der Waals surface area contributed by atoms with Gasteiger partial charge < -0.3 is 13.7 Å². The van der Waals surface area contributed by atoms with Gasteiger partial charge >= 0.3 is 0 Å². The van der Waals surface area contributed by atoms with Gasteiger partial charge in [0, 0.05) is 28.7 Å². The van der Waals surface area contributed by atoms with Crippen LogP contribution in [0.3, 0.4) is 0 Å². The third-order valence-electron chi connectivity index (χ3n) is 8.12. The summed E-state index contributed by atoms with van der Waals surface area (Å²) in [6.07, 6.45) is 3.72. The summed E-state index contributed by atoms with van der Waals surface area (Å²) in [5.74, 6) is 0. The van der Waals surface area contributed by atoms with Gasteiger partial charge in [-0.3, -0.25) is 4.98 Å². The molecule has 0 atom stereocenters. The third kappa shape index (κ3) is 3.72. The van der Waals surface area contributed by atoms with Crippen molar-refractivity contribution in [3.05, 3.63) is 140 Å². The average Bonchev–Trinajstić information content (AvgIpc) is 3.63. The fourth-order valence-electron chi connectivity index (χ4n) is 6.19. The number of anilines is 3. The topological polar surface area (TPSA) is 55.3 Å². The molecule has 0 fully saturated rings. The minimum absolute atomic E-state index is 0.728. The summed E-state index contributed by atoms with van der Waals surface area (Å²) in [6.45, 7) is 0. The zero-order valence-corrected chi connectivity index (χ0v) is 22.9. The van der Waals surface area contributed by atoms with Crippen LogP contribution in [0.15, 0.2) is 149 Å². The Kier molecular flexibility index (Phi) is 5.13.